The number of nitrogens with zero attached hydrogens (tertiary/aromatic N) is 1. The van der Waals surface area contributed by atoms with Crippen LogP contribution >= 0.6 is 0 Å². The summed E-state index contributed by atoms with van der Waals surface area (Å²) in [6.07, 6.45) is 3.55. The zero-order valence-corrected chi connectivity index (χ0v) is 8.58. The summed E-state index contributed by atoms with van der Waals surface area (Å²) in [6.45, 7) is 1.57. The van der Waals surface area contributed by atoms with Crippen LogP contribution in [-0.2, 0) is 6.42 Å². The number of allylic oxidation sites excluding steroid dienone is 1. The molecule has 2 nitrogen and oxygen atoms in total. The first-order valence-electron chi connectivity index (χ1n) is 4.95. The third kappa shape index (κ3) is 1.82. The van der Waals surface area contributed by atoms with Crippen LogP contribution in [0.4, 0.5) is 0 Å². The fourth-order valence-corrected chi connectivity index (χ4v) is 1.80. The van der Waals surface area contributed by atoms with Gasteiger partial charge in [-0.25, -0.2) is 0 Å². The maximum absolute atomic E-state index is 11.2. The monoisotopic (exact) mass is 197 g/mol. The molecule has 0 aliphatic heterocycles. The van der Waals surface area contributed by atoms with Crippen molar-refractivity contribution in [3.05, 3.63) is 40.5 Å². The summed E-state index contributed by atoms with van der Waals surface area (Å²) >= 11 is 0. The molecular formula is C13H11NO. The standard InChI is InChI=1S/C13H11NO/c1-9(15)11-4-5-12-6-10(8-14)2-3-13(12)7-11/h4-7H,2-3H2,1H3. The first-order chi connectivity index (χ1) is 7.20. The number of hydrogen-bond donors (Lipinski definition) is 0. The molecule has 15 heavy (non-hydrogen) atoms. The van der Waals surface area contributed by atoms with E-state index in [1.165, 1.54) is 5.56 Å². The van der Waals surface area contributed by atoms with E-state index < -0.39 is 0 Å². The van der Waals surface area contributed by atoms with Crippen LogP contribution in [0.5, 0.6) is 0 Å². The summed E-state index contributed by atoms with van der Waals surface area (Å²) in [7, 11) is 0. The van der Waals surface area contributed by atoms with E-state index in [1.807, 2.05) is 24.3 Å². The maximum atomic E-state index is 11.2. The van der Waals surface area contributed by atoms with E-state index in [9.17, 15) is 4.79 Å². The molecule has 0 bridgehead atoms. The number of Topliss-reactive ketones (excluding diaryl/α,β-unsaturated/α-hetero) is 1. The lowest BCUT2D eigenvalue weighted by Crippen LogP contribution is -2.01. The lowest BCUT2D eigenvalue weighted by molar-refractivity contribution is 0.101. The quantitative estimate of drug-likeness (QED) is 0.649. The van der Waals surface area contributed by atoms with Crippen molar-refractivity contribution in [2.75, 3.05) is 0 Å². The Bertz CT molecular complexity index is 492. The van der Waals surface area contributed by atoms with Gasteiger partial charge < -0.3 is 0 Å². The number of ketones is 1. The largest absolute Gasteiger partial charge is 0.295 e. The molecule has 2 rings (SSSR count). The number of benzene rings is 1. The molecule has 0 heterocycles. The Morgan fingerprint density at radius 3 is 2.87 bits per heavy atom. The van der Waals surface area contributed by atoms with Crippen molar-refractivity contribution in [1.29, 1.82) is 5.26 Å². The number of rotatable bonds is 1. The molecule has 0 unspecified atom stereocenters. The van der Waals surface area contributed by atoms with Crippen LogP contribution in [-0.4, -0.2) is 5.78 Å². The smallest absolute Gasteiger partial charge is 0.159 e. The van der Waals surface area contributed by atoms with Gasteiger partial charge in [-0.3, -0.25) is 4.79 Å². The van der Waals surface area contributed by atoms with Gasteiger partial charge in [-0.2, -0.15) is 5.26 Å². The first kappa shape index (κ1) is 9.67. The van der Waals surface area contributed by atoms with Gasteiger partial charge in [0.2, 0.25) is 0 Å². The Balaban J connectivity index is 2.46. The molecule has 0 spiro atoms. The third-order valence-corrected chi connectivity index (χ3v) is 2.69. The number of aryl methyl sites for hydroxylation is 1. The first-order valence-corrected chi connectivity index (χ1v) is 4.95. The second-order valence-corrected chi connectivity index (χ2v) is 3.75. The number of fused-ring (bicyclic) bond motifs is 1. The SMILES string of the molecule is CC(=O)c1ccc2c(c1)CCC(C#N)=C2. The van der Waals surface area contributed by atoms with Gasteiger partial charge in [-0.1, -0.05) is 12.1 Å². The number of nitriles is 1. The average Bonchev–Trinajstić information content (AvgIpc) is 2.27. The molecule has 1 aromatic carbocycles. The summed E-state index contributed by atoms with van der Waals surface area (Å²) in [6, 6.07) is 7.85. The molecule has 1 aromatic rings. The average molecular weight is 197 g/mol. The lowest BCUT2D eigenvalue weighted by Gasteiger charge is -2.13. The summed E-state index contributed by atoms with van der Waals surface area (Å²) in [4.78, 5) is 11.2. The van der Waals surface area contributed by atoms with Crippen LogP contribution in [0.25, 0.3) is 6.08 Å². The van der Waals surface area contributed by atoms with Gasteiger partial charge in [0.15, 0.2) is 5.78 Å². The lowest BCUT2D eigenvalue weighted by atomic mass is 9.91. The summed E-state index contributed by atoms with van der Waals surface area (Å²) < 4.78 is 0. The summed E-state index contributed by atoms with van der Waals surface area (Å²) in [5.74, 6) is 0.0906. The van der Waals surface area contributed by atoms with Gasteiger partial charge in [0.1, 0.15) is 0 Å². The van der Waals surface area contributed by atoms with E-state index >= 15 is 0 Å². The number of carbonyl (C=O) groups excluding carboxylic acids is 1. The highest BCUT2D eigenvalue weighted by Gasteiger charge is 2.11. The van der Waals surface area contributed by atoms with E-state index in [-0.39, 0.29) is 5.78 Å². The minimum Gasteiger partial charge on any atom is -0.295 e. The summed E-state index contributed by atoms with van der Waals surface area (Å²) in [5, 5.41) is 8.79. The van der Waals surface area contributed by atoms with Gasteiger partial charge >= 0.3 is 0 Å². The molecule has 0 amide bonds. The van der Waals surface area contributed by atoms with E-state index in [2.05, 4.69) is 6.07 Å². The molecule has 0 saturated carbocycles. The molecule has 0 radical (unpaired) electrons. The Labute approximate surface area is 88.8 Å². The minimum absolute atomic E-state index is 0.0906. The highest BCUT2D eigenvalue weighted by atomic mass is 16.1. The molecular weight excluding hydrogens is 186 g/mol. The molecule has 0 N–H and O–H groups in total. The Hall–Kier alpha value is -1.88. The van der Waals surface area contributed by atoms with Crippen molar-refractivity contribution in [3.8, 4) is 6.07 Å². The van der Waals surface area contributed by atoms with Gasteiger partial charge in [0.25, 0.3) is 0 Å². The fraction of sp³-hybridized carbons (Fsp3) is 0.231. The van der Waals surface area contributed by atoms with Crippen LogP contribution in [0.2, 0.25) is 0 Å². The Morgan fingerprint density at radius 1 is 1.40 bits per heavy atom. The third-order valence-electron chi connectivity index (χ3n) is 2.69. The van der Waals surface area contributed by atoms with E-state index in [1.54, 1.807) is 6.92 Å². The minimum atomic E-state index is 0.0906. The van der Waals surface area contributed by atoms with Crippen molar-refractivity contribution < 1.29 is 4.79 Å². The molecule has 0 atom stereocenters. The predicted octanol–water partition coefficient (Wildman–Crippen LogP) is 2.74. The van der Waals surface area contributed by atoms with Gasteiger partial charge in [0.05, 0.1) is 6.07 Å². The zero-order chi connectivity index (χ0) is 10.8. The van der Waals surface area contributed by atoms with E-state index in [4.69, 9.17) is 5.26 Å². The molecule has 0 fully saturated rings. The Kier molecular flexibility index (Phi) is 2.39. The molecule has 0 aromatic heterocycles. The van der Waals surface area contributed by atoms with Crippen LogP contribution < -0.4 is 0 Å². The van der Waals surface area contributed by atoms with Gasteiger partial charge in [-0.05, 0) is 43.0 Å². The van der Waals surface area contributed by atoms with Crippen LogP contribution in [0.1, 0.15) is 34.8 Å². The highest BCUT2D eigenvalue weighted by Crippen LogP contribution is 2.24. The van der Waals surface area contributed by atoms with Crippen LogP contribution in [0, 0.1) is 11.3 Å². The molecule has 0 saturated heterocycles. The van der Waals surface area contributed by atoms with Crippen molar-refractivity contribution in [2.45, 2.75) is 19.8 Å². The van der Waals surface area contributed by atoms with Gasteiger partial charge in [0, 0.05) is 11.1 Å². The highest BCUT2D eigenvalue weighted by molar-refractivity contribution is 5.94. The normalized spacial score (nSPS) is 13.7. The van der Waals surface area contributed by atoms with Crippen LogP contribution in [0.15, 0.2) is 23.8 Å². The maximum Gasteiger partial charge on any atom is 0.159 e. The van der Waals surface area contributed by atoms with Gasteiger partial charge in [-0.15, -0.1) is 0 Å². The number of carbonyl (C=O) groups is 1. The Morgan fingerprint density at radius 2 is 2.20 bits per heavy atom. The molecule has 2 heteroatoms. The predicted molar refractivity (Wildman–Crippen MR) is 58.4 cm³/mol. The molecule has 1 aliphatic carbocycles. The van der Waals surface area contributed by atoms with Crippen molar-refractivity contribution >= 4 is 11.9 Å². The molecule has 1 aliphatic rings. The second kappa shape index (κ2) is 3.70. The topological polar surface area (TPSA) is 40.9 Å². The number of hydrogen-bond acceptors (Lipinski definition) is 2. The second-order valence-electron chi connectivity index (χ2n) is 3.75. The van der Waals surface area contributed by atoms with Crippen molar-refractivity contribution in [3.63, 3.8) is 0 Å². The molecule has 74 valence electrons. The van der Waals surface area contributed by atoms with Crippen molar-refractivity contribution in [1.82, 2.24) is 0 Å². The summed E-state index contributed by atoms with van der Waals surface area (Å²) in [5.41, 5.74) is 3.81. The van der Waals surface area contributed by atoms with Crippen LogP contribution in [0.3, 0.4) is 0 Å². The zero-order valence-electron chi connectivity index (χ0n) is 8.58. The van der Waals surface area contributed by atoms with E-state index in [0.717, 1.165) is 29.5 Å². The van der Waals surface area contributed by atoms with E-state index in [0.29, 0.717) is 0 Å². The van der Waals surface area contributed by atoms with Crippen molar-refractivity contribution in [2.24, 2.45) is 0 Å². The fourth-order valence-electron chi connectivity index (χ4n) is 1.80.